The van der Waals surface area contributed by atoms with Crippen LogP contribution >= 0.6 is 11.6 Å². The SMILES string of the molecule is ClCc1nnc(-c2ccc(C3CCOC3)cn2)o1. The smallest absolute Gasteiger partial charge is 0.266 e. The zero-order valence-electron chi connectivity index (χ0n) is 9.67. The predicted octanol–water partition coefficient (Wildman–Crippen LogP) is 2.37. The average molecular weight is 266 g/mol. The fourth-order valence-corrected chi connectivity index (χ4v) is 2.09. The second kappa shape index (κ2) is 5.04. The lowest BCUT2D eigenvalue weighted by molar-refractivity contribution is 0.194. The quantitative estimate of drug-likeness (QED) is 0.798. The van der Waals surface area contributed by atoms with Gasteiger partial charge in [0.2, 0.25) is 5.89 Å². The molecule has 0 bridgehead atoms. The Hall–Kier alpha value is -1.46. The number of pyridine rings is 1. The standard InChI is InChI=1S/C12H12ClN3O2/c13-5-11-15-16-12(18-11)10-2-1-8(6-14-10)9-3-4-17-7-9/h1-2,6,9H,3-5,7H2. The minimum absolute atomic E-state index is 0.213. The van der Waals surface area contributed by atoms with Crippen LogP contribution in [0, 0.1) is 0 Å². The van der Waals surface area contributed by atoms with Crippen LogP contribution in [-0.2, 0) is 10.6 Å². The summed E-state index contributed by atoms with van der Waals surface area (Å²) in [6.45, 7) is 1.60. The zero-order chi connectivity index (χ0) is 12.4. The number of hydrogen-bond acceptors (Lipinski definition) is 5. The molecule has 0 radical (unpaired) electrons. The molecule has 3 heterocycles. The van der Waals surface area contributed by atoms with Crippen molar-refractivity contribution in [1.29, 1.82) is 0 Å². The van der Waals surface area contributed by atoms with Gasteiger partial charge in [-0.05, 0) is 18.1 Å². The van der Waals surface area contributed by atoms with Crippen LogP contribution in [0.5, 0.6) is 0 Å². The maximum absolute atomic E-state index is 5.61. The molecule has 0 spiro atoms. The summed E-state index contributed by atoms with van der Waals surface area (Å²) in [7, 11) is 0. The molecule has 0 amide bonds. The van der Waals surface area contributed by atoms with E-state index < -0.39 is 0 Å². The van der Waals surface area contributed by atoms with Crippen LogP contribution < -0.4 is 0 Å². The lowest BCUT2D eigenvalue weighted by Gasteiger charge is -2.06. The number of hydrogen-bond donors (Lipinski definition) is 0. The molecule has 18 heavy (non-hydrogen) atoms. The molecule has 1 fully saturated rings. The first kappa shape index (κ1) is 11.6. The summed E-state index contributed by atoms with van der Waals surface area (Å²) >= 11 is 5.61. The van der Waals surface area contributed by atoms with Crippen molar-refractivity contribution in [1.82, 2.24) is 15.2 Å². The van der Waals surface area contributed by atoms with Crippen LogP contribution in [0.3, 0.4) is 0 Å². The molecular formula is C12H12ClN3O2. The van der Waals surface area contributed by atoms with Crippen molar-refractivity contribution in [3.63, 3.8) is 0 Å². The van der Waals surface area contributed by atoms with Crippen LogP contribution in [0.4, 0.5) is 0 Å². The summed E-state index contributed by atoms with van der Waals surface area (Å²) in [4.78, 5) is 4.35. The van der Waals surface area contributed by atoms with Crippen molar-refractivity contribution >= 4 is 11.6 Å². The van der Waals surface area contributed by atoms with Gasteiger partial charge in [-0.3, -0.25) is 4.98 Å². The third-order valence-electron chi connectivity index (χ3n) is 2.99. The molecule has 5 nitrogen and oxygen atoms in total. The average Bonchev–Trinajstić information content (AvgIpc) is 3.10. The molecule has 0 N–H and O–H groups in total. The van der Waals surface area contributed by atoms with Gasteiger partial charge in [0.25, 0.3) is 5.89 Å². The van der Waals surface area contributed by atoms with Crippen LogP contribution in [0.2, 0.25) is 0 Å². The van der Waals surface area contributed by atoms with E-state index in [0.717, 1.165) is 19.6 Å². The van der Waals surface area contributed by atoms with Gasteiger partial charge in [-0.25, -0.2) is 0 Å². The first-order valence-electron chi connectivity index (χ1n) is 5.79. The van der Waals surface area contributed by atoms with Gasteiger partial charge >= 0.3 is 0 Å². The maximum Gasteiger partial charge on any atom is 0.266 e. The Morgan fingerprint density at radius 2 is 2.28 bits per heavy atom. The van der Waals surface area contributed by atoms with E-state index >= 15 is 0 Å². The van der Waals surface area contributed by atoms with E-state index in [1.165, 1.54) is 5.56 Å². The van der Waals surface area contributed by atoms with Gasteiger partial charge < -0.3 is 9.15 Å². The van der Waals surface area contributed by atoms with Crippen molar-refractivity contribution in [3.8, 4) is 11.6 Å². The van der Waals surface area contributed by atoms with Crippen molar-refractivity contribution in [2.24, 2.45) is 0 Å². The second-order valence-electron chi connectivity index (χ2n) is 4.17. The van der Waals surface area contributed by atoms with E-state index in [1.54, 1.807) is 0 Å². The van der Waals surface area contributed by atoms with E-state index in [9.17, 15) is 0 Å². The van der Waals surface area contributed by atoms with Gasteiger partial charge in [0.15, 0.2) is 0 Å². The summed E-state index contributed by atoms with van der Waals surface area (Å²) in [5.41, 5.74) is 1.86. The number of nitrogens with zero attached hydrogens (tertiary/aromatic N) is 3. The van der Waals surface area contributed by atoms with E-state index in [-0.39, 0.29) is 5.88 Å². The summed E-state index contributed by atoms with van der Waals surface area (Å²) in [6.07, 6.45) is 2.90. The molecule has 0 saturated carbocycles. The Morgan fingerprint density at radius 1 is 1.33 bits per heavy atom. The van der Waals surface area contributed by atoms with Crippen molar-refractivity contribution in [2.75, 3.05) is 13.2 Å². The molecule has 1 atom stereocenters. The van der Waals surface area contributed by atoms with Gasteiger partial charge in [-0.15, -0.1) is 21.8 Å². The summed E-state index contributed by atoms with van der Waals surface area (Å²) < 4.78 is 10.7. The maximum atomic E-state index is 5.61. The van der Waals surface area contributed by atoms with Crippen LogP contribution in [0.15, 0.2) is 22.7 Å². The lowest BCUT2D eigenvalue weighted by Crippen LogP contribution is -1.98. The topological polar surface area (TPSA) is 61.0 Å². The van der Waals surface area contributed by atoms with Gasteiger partial charge in [-0.2, -0.15) is 0 Å². The summed E-state index contributed by atoms with van der Waals surface area (Å²) in [6, 6.07) is 3.92. The summed E-state index contributed by atoms with van der Waals surface area (Å²) in [5, 5.41) is 7.70. The molecule has 3 rings (SSSR count). The number of aromatic nitrogens is 3. The molecule has 1 unspecified atom stereocenters. The minimum Gasteiger partial charge on any atom is -0.418 e. The van der Waals surface area contributed by atoms with Gasteiger partial charge in [-0.1, -0.05) is 6.07 Å². The molecular weight excluding hydrogens is 254 g/mol. The number of alkyl halides is 1. The molecule has 1 aliphatic heterocycles. The van der Waals surface area contributed by atoms with Gasteiger partial charge in [0.1, 0.15) is 11.6 Å². The van der Waals surface area contributed by atoms with E-state index in [1.807, 2.05) is 18.3 Å². The molecule has 1 aliphatic rings. The van der Waals surface area contributed by atoms with E-state index in [0.29, 0.717) is 23.4 Å². The molecule has 2 aromatic heterocycles. The van der Waals surface area contributed by atoms with Gasteiger partial charge in [0.05, 0.1) is 6.61 Å². The molecule has 2 aromatic rings. The van der Waals surface area contributed by atoms with Crippen LogP contribution in [0.25, 0.3) is 11.6 Å². The molecule has 1 saturated heterocycles. The lowest BCUT2D eigenvalue weighted by atomic mass is 10.0. The Kier molecular flexibility index (Phi) is 3.25. The molecule has 0 aromatic carbocycles. The first-order chi connectivity index (χ1) is 8.86. The fraction of sp³-hybridized carbons (Fsp3) is 0.417. The van der Waals surface area contributed by atoms with Crippen LogP contribution in [0.1, 0.15) is 23.8 Å². The highest BCUT2D eigenvalue weighted by molar-refractivity contribution is 6.16. The molecule has 6 heteroatoms. The number of ether oxygens (including phenoxy) is 1. The van der Waals surface area contributed by atoms with E-state index in [4.69, 9.17) is 20.8 Å². The van der Waals surface area contributed by atoms with Crippen molar-refractivity contribution in [2.45, 2.75) is 18.2 Å². The third-order valence-corrected chi connectivity index (χ3v) is 3.22. The monoisotopic (exact) mass is 265 g/mol. The Balaban J connectivity index is 1.81. The predicted molar refractivity (Wildman–Crippen MR) is 65.3 cm³/mol. The highest BCUT2D eigenvalue weighted by Gasteiger charge is 2.18. The Morgan fingerprint density at radius 3 is 2.89 bits per heavy atom. The van der Waals surface area contributed by atoms with E-state index in [2.05, 4.69) is 15.2 Å². The fourth-order valence-electron chi connectivity index (χ4n) is 1.98. The highest BCUT2D eigenvalue weighted by atomic mass is 35.5. The normalized spacial score (nSPS) is 19.3. The highest BCUT2D eigenvalue weighted by Crippen LogP contribution is 2.26. The molecule has 0 aliphatic carbocycles. The molecule has 94 valence electrons. The largest absolute Gasteiger partial charge is 0.418 e. The number of halogens is 1. The van der Waals surface area contributed by atoms with Crippen molar-refractivity contribution in [3.05, 3.63) is 29.8 Å². The van der Waals surface area contributed by atoms with Crippen LogP contribution in [-0.4, -0.2) is 28.4 Å². The summed E-state index contributed by atoms with van der Waals surface area (Å²) in [5.74, 6) is 1.47. The first-order valence-corrected chi connectivity index (χ1v) is 6.32. The van der Waals surface area contributed by atoms with Gasteiger partial charge in [0, 0.05) is 18.7 Å². The third kappa shape index (κ3) is 2.23. The number of rotatable bonds is 3. The zero-order valence-corrected chi connectivity index (χ0v) is 10.4. The minimum atomic E-state index is 0.213. The Labute approximate surface area is 109 Å². The second-order valence-corrected chi connectivity index (χ2v) is 4.44. The Bertz CT molecular complexity index is 520. The van der Waals surface area contributed by atoms with Crippen molar-refractivity contribution < 1.29 is 9.15 Å².